The van der Waals surface area contributed by atoms with Crippen molar-refractivity contribution in [2.75, 3.05) is 13.1 Å². The van der Waals surface area contributed by atoms with E-state index in [-0.39, 0.29) is 17.7 Å². The molecule has 0 bridgehead atoms. The van der Waals surface area contributed by atoms with Gasteiger partial charge in [0.25, 0.3) is 5.91 Å². The maximum atomic E-state index is 12.5. The number of nitrogens with zero attached hydrogens (tertiary/aromatic N) is 1. The van der Waals surface area contributed by atoms with E-state index in [0.717, 1.165) is 25.1 Å². The lowest BCUT2D eigenvalue weighted by Gasteiger charge is -2.29. The van der Waals surface area contributed by atoms with Crippen LogP contribution in [-0.4, -0.2) is 35.0 Å². The SMILES string of the molecule is Cc1ccc(C(=O)N2CC3CCCC(N)C3C2)cc1O. The lowest BCUT2D eigenvalue weighted by molar-refractivity contribution is 0.0783. The maximum Gasteiger partial charge on any atom is 0.254 e. The Morgan fingerprint density at radius 1 is 1.35 bits per heavy atom. The van der Waals surface area contributed by atoms with Gasteiger partial charge in [-0.25, -0.2) is 0 Å². The Bertz CT molecular complexity index is 529. The molecule has 4 nitrogen and oxygen atoms in total. The number of aromatic hydroxyl groups is 1. The third-order valence-corrected chi connectivity index (χ3v) is 4.90. The number of hydrogen-bond acceptors (Lipinski definition) is 3. The van der Waals surface area contributed by atoms with E-state index < -0.39 is 0 Å². The van der Waals surface area contributed by atoms with Gasteiger partial charge in [0.15, 0.2) is 0 Å². The molecule has 20 heavy (non-hydrogen) atoms. The van der Waals surface area contributed by atoms with Crippen molar-refractivity contribution >= 4 is 5.91 Å². The first-order chi connectivity index (χ1) is 9.56. The summed E-state index contributed by atoms with van der Waals surface area (Å²) < 4.78 is 0. The van der Waals surface area contributed by atoms with Crippen LogP contribution in [0.1, 0.15) is 35.2 Å². The number of rotatable bonds is 1. The summed E-state index contributed by atoms with van der Waals surface area (Å²) in [5, 5.41) is 9.75. The van der Waals surface area contributed by atoms with Crippen LogP contribution >= 0.6 is 0 Å². The minimum Gasteiger partial charge on any atom is -0.508 e. The monoisotopic (exact) mass is 274 g/mol. The predicted octanol–water partition coefficient (Wildman–Crippen LogP) is 1.90. The Morgan fingerprint density at radius 2 is 2.15 bits per heavy atom. The zero-order valence-corrected chi connectivity index (χ0v) is 11.9. The van der Waals surface area contributed by atoms with Crippen LogP contribution in [-0.2, 0) is 0 Å². The van der Waals surface area contributed by atoms with Crippen molar-refractivity contribution in [3.63, 3.8) is 0 Å². The van der Waals surface area contributed by atoms with Gasteiger partial charge in [0.1, 0.15) is 5.75 Å². The standard InChI is InChI=1S/C16H22N2O2/c1-10-5-6-11(7-15(10)19)16(20)18-8-12-3-2-4-14(17)13(12)9-18/h5-7,12-14,19H,2-4,8-9,17H2,1H3. The van der Waals surface area contributed by atoms with E-state index in [2.05, 4.69) is 0 Å². The number of likely N-dealkylation sites (tertiary alicyclic amines) is 1. The largest absolute Gasteiger partial charge is 0.508 e. The average Bonchev–Trinajstić information content (AvgIpc) is 2.86. The first-order valence-electron chi connectivity index (χ1n) is 7.40. The van der Waals surface area contributed by atoms with E-state index in [1.54, 1.807) is 18.2 Å². The number of amides is 1. The molecule has 1 saturated carbocycles. The van der Waals surface area contributed by atoms with Gasteiger partial charge in [0.05, 0.1) is 0 Å². The van der Waals surface area contributed by atoms with Crippen molar-refractivity contribution in [1.29, 1.82) is 0 Å². The maximum absolute atomic E-state index is 12.5. The number of nitrogens with two attached hydrogens (primary N) is 1. The molecule has 3 atom stereocenters. The number of carbonyl (C=O) groups is 1. The highest BCUT2D eigenvalue weighted by atomic mass is 16.3. The van der Waals surface area contributed by atoms with Crippen LogP contribution in [0.15, 0.2) is 18.2 Å². The molecular weight excluding hydrogens is 252 g/mol. The molecule has 4 heteroatoms. The fourth-order valence-electron chi connectivity index (χ4n) is 3.61. The highest BCUT2D eigenvalue weighted by Crippen LogP contribution is 2.36. The van der Waals surface area contributed by atoms with Gasteiger partial charge >= 0.3 is 0 Å². The molecule has 3 rings (SSSR count). The van der Waals surface area contributed by atoms with Crippen LogP contribution in [0.3, 0.4) is 0 Å². The highest BCUT2D eigenvalue weighted by molar-refractivity contribution is 5.95. The number of phenolic OH excluding ortho intramolecular Hbond substituents is 1. The third-order valence-electron chi connectivity index (χ3n) is 4.90. The zero-order valence-electron chi connectivity index (χ0n) is 11.9. The highest BCUT2D eigenvalue weighted by Gasteiger charge is 2.40. The molecule has 1 aromatic rings. The molecule has 3 N–H and O–H groups in total. The van der Waals surface area contributed by atoms with Gasteiger partial charge in [0.2, 0.25) is 0 Å². The van der Waals surface area contributed by atoms with Gasteiger partial charge in [0, 0.05) is 24.7 Å². The Labute approximate surface area is 119 Å². The molecule has 3 unspecified atom stereocenters. The molecule has 2 aliphatic rings. The van der Waals surface area contributed by atoms with E-state index in [9.17, 15) is 9.90 Å². The molecular formula is C16H22N2O2. The second kappa shape index (κ2) is 5.09. The van der Waals surface area contributed by atoms with Crippen molar-refractivity contribution in [2.24, 2.45) is 17.6 Å². The summed E-state index contributed by atoms with van der Waals surface area (Å²) in [5.74, 6) is 1.21. The summed E-state index contributed by atoms with van der Waals surface area (Å²) in [6, 6.07) is 5.38. The van der Waals surface area contributed by atoms with Crippen LogP contribution in [0.5, 0.6) is 5.75 Å². The normalized spacial score (nSPS) is 29.3. The van der Waals surface area contributed by atoms with Gasteiger partial charge in [-0.2, -0.15) is 0 Å². The van der Waals surface area contributed by atoms with E-state index in [0.29, 0.717) is 17.4 Å². The molecule has 0 spiro atoms. The average molecular weight is 274 g/mol. The second-order valence-corrected chi connectivity index (χ2v) is 6.23. The Balaban J connectivity index is 1.76. The quantitative estimate of drug-likeness (QED) is 0.822. The Kier molecular flexibility index (Phi) is 3.42. The summed E-state index contributed by atoms with van der Waals surface area (Å²) in [6.07, 6.45) is 3.44. The number of hydrogen-bond donors (Lipinski definition) is 2. The summed E-state index contributed by atoms with van der Waals surface area (Å²) in [7, 11) is 0. The molecule has 1 amide bonds. The molecule has 108 valence electrons. The van der Waals surface area contributed by atoms with Crippen molar-refractivity contribution in [1.82, 2.24) is 4.90 Å². The Morgan fingerprint density at radius 3 is 2.85 bits per heavy atom. The minimum absolute atomic E-state index is 0.0156. The van der Waals surface area contributed by atoms with E-state index in [1.165, 1.54) is 12.8 Å². The minimum atomic E-state index is 0.0156. The van der Waals surface area contributed by atoms with Crippen LogP contribution in [0, 0.1) is 18.8 Å². The van der Waals surface area contributed by atoms with Gasteiger partial charge in [-0.3, -0.25) is 4.79 Å². The lowest BCUT2D eigenvalue weighted by Crippen LogP contribution is -2.38. The molecule has 1 saturated heterocycles. The summed E-state index contributed by atoms with van der Waals surface area (Å²) >= 11 is 0. The van der Waals surface area contributed by atoms with Crippen molar-refractivity contribution in [2.45, 2.75) is 32.2 Å². The number of carbonyl (C=O) groups excluding carboxylic acids is 1. The first-order valence-corrected chi connectivity index (χ1v) is 7.40. The summed E-state index contributed by atoms with van der Waals surface area (Å²) in [6.45, 7) is 3.40. The zero-order chi connectivity index (χ0) is 14.3. The molecule has 1 heterocycles. The summed E-state index contributed by atoms with van der Waals surface area (Å²) in [5.41, 5.74) is 7.55. The molecule has 2 fully saturated rings. The van der Waals surface area contributed by atoms with E-state index >= 15 is 0 Å². The van der Waals surface area contributed by atoms with Crippen LogP contribution in [0.4, 0.5) is 0 Å². The van der Waals surface area contributed by atoms with Crippen molar-refractivity contribution in [3.8, 4) is 5.75 Å². The van der Waals surface area contributed by atoms with Crippen LogP contribution in [0.25, 0.3) is 0 Å². The van der Waals surface area contributed by atoms with E-state index in [4.69, 9.17) is 5.73 Å². The van der Waals surface area contributed by atoms with Crippen LogP contribution < -0.4 is 5.73 Å². The summed E-state index contributed by atoms with van der Waals surface area (Å²) in [4.78, 5) is 14.4. The predicted molar refractivity (Wildman–Crippen MR) is 77.6 cm³/mol. The smallest absolute Gasteiger partial charge is 0.254 e. The molecule has 0 radical (unpaired) electrons. The third kappa shape index (κ3) is 2.29. The van der Waals surface area contributed by atoms with Gasteiger partial charge < -0.3 is 15.7 Å². The molecule has 1 aliphatic carbocycles. The number of benzene rings is 1. The molecule has 1 aliphatic heterocycles. The fraction of sp³-hybridized carbons (Fsp3) is 0.562. The van der Waals surface area contributed by atoms with Gasteiger partial charge in [-0.15, -0.1) is 0 Å². The molecule has 0 aromatic heterocycles. The number of fused-ring (bicyclic) bond motifs is 1. The molecule has 1 aromatic carbocycles. The number of aryl methyl sites for hydroxylation is 1. The first kappa shape index (κ1) is 13.4. The van der Waals surface area contributed by atoms with Gasteiger partial charge in [-0.05, 0) is 49.3 Å². The Hall–Kier alpha value is -1.55. The lowest BCUT2D eigenvalue weighted by atomic mass is 9.78. The van der Waals surface area contributed by atoms with Crippen LogP contribution in [0.2, 0.25) is 0 Å². The van der Waals surface area contributed by atoms with Crippen molar-refractivity contribution in [3.05, 3.63) is 29.3 Å². The fourth-order valence-corrected chi connectivity index (χ4v) is 3.61. The second-order valence-electron chi connectivity index (χ2n) is 6.23. The topological polar surface area (TPSA) is 66.6 Å². The van der Waals surface area contributed by atoms with E-state index in [1.807, 2.05) is 11.8 Å². The van der Waals surface area contributed by atoms with Crippen molar-refractivity contribution < 1.29 is 9.90 Å². The number of phenols is 1. The van der Waals surface area contributed by atoms with Gasteiger partial charge in [-0.1, -0.05) is 12.5 Å².